The van der Waals surface area contributed by atoms with Gasteiger partial charge in [0.2, 0.25) is 11.8 Å². The van der Waals surface area contributed by atoms with Gasteiger partial charge >= 0.3 is 5.97 Å². The summed E-state index contributed by atoms with van der Waals surface area (Å²) in [7, 11) is 0. The molecule has 5 rings (SSSR count). The maximum Gasteiger partial charge on any atom is 0.322 e. The van der Waals surface area contributed by atoms with Crippen molar-refractivity contribution in [3.05, 3.63) is 54.7 Å². The van der Waals surface area contributed by atoms with E-state index < -0.39 is 23.7 Å². The van der Waals surface area contributed by atoms with Crippen LogP contribution in [0.2, 0.25) is 0 Å². The minimum absolute atomic E-state index is 0.00991. The molecule has 0 aliphatic heterocycles. The Morgan fingerprint density at radius 2 is 2.02 bits per heavy atom. The third-order valence-electron chi connectivity index (χ3n) is 6.82. The van der Waals surface area contributed by atoms with Gasteiger partial charge in [-0.1, -0.05) is 6.92 Å². The number of hydrogen-bond acceptors (Lipinski definition) is 9. The number of benzene rings is 1. The first-order valence-electron chi connectivity index (χ1n) is 13.0. The SMILES string of the molecule is CC1(C(=O)Nc2ccc(Oc3ccnc4cc(-c5cnn(CCOC(=O)C(N)CCC(N)=O)c5)sc34)c(F)c2)CC1. The molecule has 0 bridgehead atoms. The zero-order valence-corrected chi connectivity index (χ0v) is 23.1. The smallest absolute Gasteiger partial charge is 0.322 e. The number of nitrogens with two attached hydrogens (primary N) is 2. The molecule has 1 aliphatic carbocycles. The Bertz CT molecular complexity index is 1610. The average molecular weight is 581 g/mol. The first-order valence-corrected chi connectivity index (χ1v) is 13.8. The molecule has 1 unspecified atom stereocenters. The summed E-state index contributed by atoms with van der Waals surface area (Å²) in [5.41, 5.74) is 12.3. The van der Waals surface area contributed by atoms with Gasteiger partial charge in [-0.3, -0.25) is 24.0 Å². The first-order chi connectivity index (χ1) is 19.6. The van der Waals surface area contributed by atoms with Gasteiger partial charge in [-0.15, -0.1) is 11.3 Å². The lowest BCUT2D eigenvalue weighted by atomic mass is 10.1. The largest absolute Gasteiger partial charge is 0.463 e. The summed E-state index contributed by atoms with van der Waals surface area (Å²) >= 11 is 1.42. The van der Waals surface area contributed by atoms with Crippen molar-refractivity contribution in [2.24, 2.45) is 16.9 Å². The Labute approximate surface area is 238 Å². The number of nitrogens with one attached hydrogen (secondary N) is 1. The molecule has 4 aromatic rings. The fourth-order valence-corrected chi connectivity index (χ4v) is 5.03. The number of ether oxygens (including phenoxy) is 2. The Hall–Kier alpha value is -4.36. The minimum Gasteiger partial charge on any atom is -0.463 e. The first kappa shape index (κ1) is 28.2. The molecular weight excluding hydrogens is 551 g/mol. The fraction of sp³-hybridized carbons (Fsp3) is 0.321. The van der Waals surface area contributed by atoms with Gasteiger partial charge in [0.05, 0.1) is 23.0 Å². The normalized spacial score (nSPS) is 14.4. The standard InChI is InChI=1S/C28H29FN6O5S/c1-28(7-8-28)27(38)34-17-2-4-21(18(29)12-17)40-22-6-9-32-20-13-23(41-25(20)22)16-14-33-35(15-16)10-11-39-26(37)19(30)3-5-24(31)36/h2,4,6,9,12-15,19H,3,5,7-8,10-11,30H2,1H3,(H2,31,36)(H,34,38). The number of primary amides is 1. The summed E-state index contributed by atoms with van der Waals surface area (Å²) in [5.74, 6) is -1.37. The highest BCUT2D eigenvalue weighted by molar-refractivity contribution is 7.22. The van der Waals surface area contributed by atoms with Gasteiger partial charge in [0.1, 0.15) is 18.4 Å². The van der Waals surface area contributed by atoms with Crippen molar-refractivity contribution >= 4 is 45.0 Å². The number of amides is 2. The number of fused-ring (bicyclic) bond motifs is 1. The zero-order valence-electron chi connectivity index (χ0n) is 22.3. The quantitative estimate of drug-likeness (QED) is 0.212. The summed E-state index contributed by atoms with van der Waals surface area (Å²) in [6, 6.07) is 6.99. The van der Waals surface area contributed by atoms with Crippen molar-refractivity contribution < 1.29 is 28.2 Å². The number of carbonyl (C=O) groups excluding carboxylic acids is 3. The molecule has 1 fully saturated rings. The van der Waals surface area contributed by atoms with Crippen molar-refractivity contribution in [1.82, 2.24) is 14.8 Å². The van der Waals surface area contributed by atoms with Crippen LogP contribution in [0.5, 0.6) is 11.5 Å². The molecule has 1 aromatic carbocycles. The number of anilines is 1. The molecule has 11 nitrogen and oxygen atoms in total. The molecule has 1 aliphatic rings. The second kappa shape index (κ2) is 11.6. The van der Waals surface area contributed by atoms with Gasteiger partial charge in [0.25, 0.3) is 0 Å². The van der Waals surface area contributed by atoms with E-state index in [1.165, 1.54) is 23.5 Å². The van der Waals surface area contributed by atoms with Gasteiger partial charge in [0.15, 0.2) is 11.6 Å². The number of esters is 1. The van der Waals surface area contributed by atoms with Crippen LogP contribution in [-0.4, -0.2) is 45.2 Å². The number of nitrogens with zero attached hydrogens (tertiary/aromatic N) is 3. The molecule has 0 spiro atoms. The third kappa shape index (κ3) is 6.69. The third-order valence-corrected chi connectivity index (χ3v) is 8.01. The lowest BCUT2D eigenvalue weighted by Gasteiger charge is -2.12. The lowest BCUT2D eigenvalue weighted by molar-refractivity contribution is -0.145. The average Bonchev–Trinajstić information content (AvgIpc) is 3.32. The summed E-state index contributed by atoms with van der Waals surface area (Å²) in [5, 5.41) is 7.09. The molecule has 0 radical (unpaired) electrons. The Kier molecular flexibility index (Phi) is 7.99. The minimum atomic E-state index is -0.915. The summed E-state index contributed by atoms with van der Waals surface area (Å²) in [6.45, 7) is 2.25. The number of pyridine rings is 1. The number of hydrogen-bond donors (Lipinski definition) is 3. The zero-order chi connectivity index (χ0) is 29.1. The molecule has 3 aromatic heterocycles. The Morgan fingerprint density at radius 3 is 2.76 bits per heavy atom. The molecule has 13 heteroatoms. The van der Waals surface area contributed by atoms with E-state index in [2.05, 4.69) is 15.4 Å². The van der Waals surface area contributed by atoms with Crippen molar-refractivity contribution in [2.45, 2.75) is 45.2 Å². The van der Waals surface area contributed by atoms with Gasteiger partial charge in [-0.25, -0.2) is 4.39 Å². The second-order valence-electron chi connectivity index (χ2n) is 10.2. The number of halogens is 1. The van der Waals surface area contributed by atoms with Crippen LogP contribution in [0.15, 0.2) is 48.9 Å². The number of rotatable bonds is 12. The maximum atomic E-state index is 14.9. The van der Waals surface area contributed by atoms with Crippen LogP contribution < -0.4 is 21.5 Å². The van der Waals surface area contributed by atoms with E-state index in [0.29, 0.717) is 23.5 Å². The number of aromatic nitrogens is 3. The molecule has 2 amide bonds. The molecule has 0 saturated heterocycles. The molecule has 1 saturated carbocycles. The Balaban J connectivity index is 1.22. The van der Waals surface area contributed by atoms with E-state index in [-0.39, 0.29) is 36.5 Å². The molecule has 5 N–H and O–H groups in total. The highest BCUT2D eigenvalue weighted by Gasteiger charge is 2.44. The summed E-state index contributed by atoms with van der Waals surface area (Å²) < 4.78 is 28.3. The maximum absolute atomic E-state index is 14.9. The Morgan fingerprint density at radius 1 is 1.22 bits per heavy atom. The summed E-state index contributed by atoms with van der Waals surface area (Å²) in [6.07, 6.45) is 6.87. The van der Waals surface area contributed by atoms with E-state index in [1.54, 1.807) is 35.4 Å². The van der Waals surface area contributed by atoms with Crippen molar-refractivity contribution in [3.8, 4) is 21.9 Å². The predicted octanol–water partition coefficient (Wildman–Crippen LogP) is 3.97. The molecular formula is C28H29FN6O5S. The highest BCUT2D eigenvalue weighted by atomic mass is 32.1. The van der Waals surface area contributed by atoms with Gasteiger partial charge in [-0.2, -0.15) is 5.10 Å². The van der Waals surface area contributed by atoms with Crippen molar-refractivity contribution in [1.29, 1.82) is 0 Å². The van der Waals surface area contributed by atoms with Crippen LogP contribution in [0.25, 0.3) is 20.7 Å². The predicted molar refractivity (Wildman–Crippen MR) is 151 cm³/mol. The molecule has 1 atom stereocenters. The van der Waals surface area contributed by atoms with E-state index in [0.717, 1.165) is 28.0 Å². The number of carbonyl (C=O) groups is 3. The number of thiophene rings is 1. The lowest BCUT2D eigenvalue weighted by Crippen LogP contribution is -2.34. The van der Waals surface area contributed by atoms with Crippen molar-refractivity contribution in [2.75, 3.05) is 11.9 Å². The van der Waals surface area contributed by atoms with Crippen LogP contribution in [0, 0.1) is 11.2 Å². The summed E-state index contributed by atoms with van der Waals surface area (Å²) in [4.78, 5) is 40.4. The van der Waals surface area contributed by atoms with Crippen LogP contribution in [-0.2, 0) is 25.7 Å². The monoisotopic (exact) mass is 580 g/mol. The van der Waals surface area contributed by atoms with Gasteiger partial charge in [0, 0.05) is 52.5 Å². The molecule has 41 heavy (non-hydrogen) atoms. The van der Waals surface area contributed by atoms with E-state index in [4.69, 9.17) is 20.9 Å². The van der Waals surface area contributed by atoms with Gasteiger partial charge < -0.3 is 26.3 Å². The van der Waals surface area contributed by atoms with Crippen LogP contribution >= 0.6 is 11.3 Å². The van der Waals surface area contributed by atoms with E-state index in [9.17, 15) is 18.8 Å². The van der Waals surface area contributed by atoms with Crippen LogP contribution in [0.1, 0.15) is 32.6 Å². The topological polar surface area (TPSA) is 164 Å². The second-order valence-corrected chi connectivity index (χ2v) is 11.2. The van der Waals surface area contributed by atoms with E-state index >= 15 is 0 Å². The molecule has 214 valence electrons. The van der Waals surface area contributed by atoms with Crippen molar-refractivity contribution in [3.63, 3.8) is 0 Å². The molecule has 3 heterocycles. The van der Waals surface area contributed by atoms with Crippen LogP contribution in [0.4, 0.5) is 10.1 Å². The van der Waals surface area contributed by atoms with Gasteiger partial charge in [-0.05, 0) is 37.5 Å². The van der Waals surface area contributed by atoms with Crippen LogP contribution in [0.3, 0.4) is 0 Å². The fourth-order valence-electron chi connectivity index (χ4n) is 3.99. The van der Waals surface area contributed by atoms with E-state index in [1.807, 2.05) is 13.0 Å². The highest BCUT2D eigenvalue weighted by Crippen LogP contribution is 2.46.